The van der Waals surface area contributed by atoms with Crippen LogP contribution in [0.2, 0.25) is 0 Å². The van der Waals surface area contributed by atoms with Crippen LogP contribution in [0.1, 0.15) is 19.3 Å². The topological polar surface area (TPSA) is 61.9 Å². The molecule has 1 saturated carbocycles. The number of ether oxygens (including phenoxy) is 1. The number of nitrogens with one attached hydrogen (secondary N) is 1. The van der Waals surface area contributed by atoms with Gasteiger partial charge in [-0.05, 0) is 31.4 Å². The van der Waals surface area contributed by atoms with Crippen molar-refractivity contribution in [2.75, 3.05) is 45.2 Å². The summed E-state index contributed by atoms with van der Waals surface area (Å²) in [7, 11) is 1.61. The molecule has 3 rings (SSSR count). The van der Waals surface area contributed by atoms with Gasteiger partial charge in [-0.3, -0.25) is 9.59 Å². The van der Waals surface area contributed by atoms with Gasteiger partial charge in [0.2, 0.25) is 11.8 Å². The van der Waals surface area contributed by atoms with Crippen molar-refractivity contribution in [1.29, 1.82) is 0 Å². The third-order valence-corrected chi connectivity index (χ3v) is 4.62. The molecule has 1 aromatic rings. The summed E-state index contributed by atoms with van der Waals surface area (Å²) >= 11 is 0. The monoisotopic (exact) mass is 331 g/mol. The number of carbonyl (C=O) groups excluding carboxylic acids is 2. The van der Waals surface area contributed by atoms with E-state index in [9.17, 15) is 9.59 Å². The maximum absolute atomic E-state index is 12.5. The van der Waals surface area contributed by atoms with Crippen LogP contribution in [0.5, 0.6) is 5.75 Å². The van der Waals surface area contributed by atoms with E-state index in [4.69, 9.17) is 4.74 Å². The number of benzene rings is 1. The highest BCUT2D eigenvalue weighted by Crippen LogP contribution is 2.31. The van der Waals surface area contributed by atoms with Crippen LogP contribution in [0.25, 0.3) is 0 Å². The molecule has 1 aromatic carbocycles. The Labute approximate surface area is 142 Å². The van der Waals surface area contributed by atoms with Crippen LogP contribution >= 0.6 is 0 Å². The zero-order valence-electron chi connectivity index (χ0n) is 14.2. The number of rotatable bonds is 5. The lowest BCUT2D eigenvalue weighted by molar-refractivity contribution is -0.133. The number of anilines is 1. The lowest BCUT2D eigenvalue weighted by Gasteiger charge is -2.22. The molecule has 1 N–H and O–H groups in total. The molecule has 0 radical (unpaired) electrons. The fourth-order valence-corrected chi connectivity index (χ4v) is 3.05. The number of nitrogens with zero attached hydrogens (tertiary/aromatic N) is 2. The summed E-state index contributed by atoms with van der Waals surface area (Å²) in [6.07, 6.45) is 2.90. The molecular formula is C18H25N3O3. The first-order valence-electron chi connectivity index (χ1n) is 8.62. The number of methoxy groups -OCH3 is 1. The van der Waals surface area contributed by atoms with Gasteiger partial charge in [-0.15, -0.1) is 0 Å². The maximum atomic E-state index is 12.5. The van der Waals surface area contributed by atoms with Crippen molar-refractivity contribution in [2.45, 2.75) is 19.3 Å². The van der Waals surface area contributed by atoms with Crippen molar-refractivity contribution in [3.8, 4) is 5.75 Å². The number of para-hydroxylation sites is 2. The molecule has 24 heavy (non-hydrogen) atoms. The molecule has 6 nitrogen and oxygen atoms in total. The van der Waals surface area contributed by atoms with Gasteiger partial charge in [0.15, 0.2) is 0 Å². The standard InChI is InChI=1S/C18H25N3O3/c1-24-16-6-3-2-5-15(16)19-13-17(22)20-9-4-10-21(12-11-20)18(23)14-7-8-14/h2-3,5-6,14,19H,4,7-13H2,1H3. The van der Waals surface area contributed by atoms with Crippen molar-refractivity contribution in [3.63, 3.8) is 0 Å². The summed E-state index contributed by atoms with van der Waals surface area (Å²) in [6.45, 7) is 2.97. The third-order valence-electron chi connectivity index (χ3n) is 4.62. The fourth-order valence-electron chi connectivity index (χ4n) is 3.05. The molecule has 0 spiro atoms. The van der Waals surface area contributed by atoms with Crippen molar-refractivity contribution < 1.29 is 14.3 Å². The van der Waals surface area contributed by atoms with E-state index in [1.807, 2.05) is 34.1 Å². The smallest absolute Gasteiger partial charge is 0.241 e. The highest BCUT2D eigenvalue weighted by Gasteiger charge is 2.34. The number of carbonyl (C=O) groups is 2. The highest BCUT2D eigenvalue weighted by atomic mass is 16.5. The van der Waals surface area contributed by atoms with Crippen LogP contribution in [0.3, 0.4) is 0 Å². The zero-order chi connectivity index (χ0) is 16.9. The Morgan fingerprint density at radius 1 is 1.12 bits per heavy atom. The Balaban J connectivity index is 1.50. The Bertz CT molecular complexity index is 601. The van der Waals surface area contributed by atoms with Crippen LogP contribution in [0.15, 0.2) is 24.3 Å². The summed E-state index contributed by atoms with van der Waals surface area (Å²) in [4.78, 5) is 28.4. The van der Waals surface area contributed by atoms with Crippen LogP contribution in [0, 0.1) is 5.92 Å². The molecule has 0 atom stereocenters. The van der Waals surface area contributed by atoms with E-state index < -0.39 is 0 Å². The number of amides is 2. The van der Waals surface area contributed by atoms with Gasteiger partial charge in [-0.25, -0.2) is 0 Å². The first-order valence-corrected chi connectivity index (χ1v) is 8.62. The van der Waals surface area contributed by atoms with Gasteiger partial charge in [0.05, 0.1) is 19.3 Å². The molecule has 130 valence electrons. The Kier molecular flexibility index (Phi) is 5.23. The van der Waals surface area contributed by atoms with Crippen molar-refractivity contribution in [2.24, 2.45) is 5.92 Å². The summed E-state index contributed by atoms with van der Waals surface area (Å²) in [6, 6.07) is 7.55. The van der Waals surface area contributed by atoms with E-state index >= 15 is 0 Å². The molecule has 1 heterocycles. The average molecular weight is 331 g/mol. The first-order chi connectivity index (χ1) is 11.7. The summed E-state index contributed by atoms with van der Waals surface area (Å²) in [5.74, 6) is 1.31. The van der Waals surface area contributed by atoms with Crippen molar-refractivity contribution in [3.05, 3.63) is 24.3 Å². The zero-order valence-corrected chi connectivity index (χ0v) is 14.2. The lowest BCUT2D eigenvalue weighted by atomic mass is 10.3. The molecule has 6 heteroatoms. The first kappa shape index (κ1) is 16.6. The minimum absolute atomic E-state index is 0.0571. The molecule has 0 unspecified atom stereocenters. The minimum atomic E-state index is 0.0571. The molecule has 2 amide bonds. The van der Waals surface area contributed by atoms with E-state index in [-0.39, 0.29) is 24.3 Å². The fraction of sp³-hybridized carbons (Fsp3) is 0.556. The Hall–Kier alpha value is -2.24. The van der Waals surface area contributed by atoms with E-state index in [0.29, 0.717) is 19.6 Å². The lowest BCUT2D eigenvalue weighted by Crippen LogP contribution is -2.40. The van der Waals surface area contributed by atoms with Crippen LogP contribution < -0.4 is 10.1 Å². The molecule has 1 saturated heterocycles. The quantitative estimate of drug-likeness (QED) is 0.890. The van der Waals surface area contributed by atoms with E-state index in [1.54, 1.807) is 7.11 Å². The van der Waals surface area contributed by atoms with Gasteiger partial charge in [0, 0.05) is 32.1 Å². The van der Waals surface area contributed by atoms with Crippen molar-refractivity contribution in [1.82, 2.24) is 9.80 Å². The second-order valence-electron chi connectivity index (χ2n) is 6.39. The highest BCUT2D eigenvalue weighted by molar-refractivity contribution is 5.82. The van der Waals surface area contributed by atoms with Crippen LogP contribution in [-0.4, -0.2) is 61.4 Å². The summed E-state index contributed by atoms with van der Waals surface area (Å²) in [5.41, 5.74) is 0.814. The molecule has 2 fully saturated rings. The van der Waals surface area contributed by atoms with Crippen LogP contribution in [0.4, 0.5) is 5.69 Å². The number of hydrogen-bond donors (Lipinski definition) is 1. The predicted molar refractivity (Wildman–Crippen MR) is 92.0 cm³/mol. The van der Waals surface area contributed by atoms with E-state index in [1.165, 1.54) is 0 Å². The van der Waals surface area contributed by atoms with Gasteiger partial charge < -0.3 is 19.9 Å². The molecule has 0 aromatic heterocycles. The summed E-state index contributed by atoms with van der Waals surface area (Å²) < 4.78 is 5.28. The molecule has 1 aliphatic carbocycles. The van der Waals surface area contributed by atoms with E-state index in [2.05, 4.69) is 5.32 Å². The maximum Gasteiger partial charge on any atom is 0.241 e. The van der Waals surface area contributed by atoms with Crippen LogP contribution in [-0.2, 0) is 9.59 Å². The normalized spacial score (nSPS) is 18.0. The third kappa shape index (κ3) is 3.99. The van der Waals surface area contributed by atoms with Gasteiger partial charge in [-0.2, -0.15) is 0 Å². The van der Waals surface area contributed by atoms with Gasteiger partial charge in [0.25, 0.3) is 0 Å². The molecule has 0 bridgehead atoms. The van der Waals surface area contributed by atoms with Gasteiger partial charge in [0.1, 0.15) is 5.75 Å². The SMILES string of the molecule is COc1ccccc1NCC(=O)N1CCCN(C(=O)C2CC2)CC1. The molecular weight excluding hydrogens is 306 g/mol. The number of hydrogen-bond acceptors (Lipinski definition) is 4. The largest absolute Gasteiger partial charge is 0.495 e. The Morgan fingerprint density at radius 2 is 1.83 bits per heavy atom. The molecule has 2 aliphatic rings. The predicted octanol–water partition coefficient (Wildman–Crippen LogP) is 1.58. The minimum Gasteiger partial charge on any atom is -0.495 e. The molecule has 1 aliphatic heterocycles. The van der Waals surface area contributed by atoms with Gasteiger partial charge >= 0.3 is 0 Å². The second kappa shape index (κ2) is 7.55. The average Bonchev–Trinajstić information content (AvgIpc) is 3.45. The van der Waals surface area contributed by atoms with Crippen molar-refractivity contribution >= 4 is 17.5 Å². The van der Waals surface area contributed by atoms with E-state index in [0.717, 1.165) is 37.2 Å². The van der Waals surface area contributed by atoms with Gasteiger partial charge in [-0.1, -0.05) is 12.1 Å². The second-order valence-corrected chi connectivity index (χ2v) is 6.39. The summed E-state index contributed by atoms with van der Waals surface area (Å²) in [5, 5.41) is 3.15. The Morgan fingerprint density at radius 3 is 2.58 bits per heavy atom.